The molecule has 158 valence electrons. The summed E-state index contributed by atoms with van der Waals surface area (Å²) in [5.41, 5.74) is 0.490. The first-order valence-corrected chi connectivity index (χ1v) is 9.69. The molecule has 2 aromatic heterocycles. The van der Waals surface area contributed by atoms with Gasteiger partial charge in [0.2, 0.25) is 11.6 Å². The zero-order valence-electron chi connectivity index (χ0n) is 16.9. The number of urea groups is 1. The maximum Gasteiger partial charge on any atom is 0.322 e. The molecule has 31 heavy (non-hydrogen) atoms. The molecule has 1 atom stereocenters. The molecule has 2 aliphatic rings. The summed E-state index contributed by atoms with van der Waals surface area (Å²) in [6.45, 7) is 2.13. The highest BCUT2D eigenvalue weighted by molar-refractivity contribution is 6.00. The number of hydrogen-bond donors (Lipinski definition) is 2. The molecule has 1 fully saturated rings. The highest BCUT2D eigenvalue weighted by Gasteiger charge is 2.46. The predicted octanol–water partition coefficient (Wildman–Crippen LogP) is 1.62. The monoisotopic (exact) mass is 421 g/mol. The Labute approximate surface area is 176 Å². The van der Waals surface area contributed by atoms with Crippen LogP contribution < -0.4 is 15.4 Å². The molecule has 0 spiro atoms. The second-order valence-electron chi connectivity index (χ2n) is 7.73. The maximum atomic E-state index is 13.1. The van der Waals surface area contributed by atoms with Crippen molar-refractivity contribution in [2.45, 2.75) is 25.4 Å². The Morgan fingerprint density at radius 3 is 2.87 bits per heavy atom. The molecule has 1 saturated heterocycles. The number of nitrogens with one attached hydrogen (secondary N) is 2. The SMILES string of the molecule is COc1ccc2c(c1)C(=O)N(C[C@]1(c3cc4cnc(C)nc4o3)CC(=O)NC(=O)N1)C2. The van der Waals surface area contributed by atoms with Gasteiger partial charge in [0.05, 0.1) is 25.5 Å². The first-order valence-electron chi connectivity index (χ1n) is 9.69. The number of furan rings is 1. The molecule has 4 heterocycles. The number of aryl methyl sites for hydroxylation is 1. The Hall–Kier alpha value is -3.95. The van der Waals surface area contributed by atoms with Gasteiger partial charge in [-0.1, -0.05) is 6.07 Å². The second-order valence-corrected chi connectivity index (χ2v) is 7.73. The normalized spacial score (nSPS) is 20.6. The lowest BCUT2D eigenvalue weighted by Gasteiger charge is -2.38. The third-order valence-electron chi connectivity index (χ3n) is 5.59. The second kappa shape index (κ2) is 6.79. The smallest absolute Gasteiger partial charge is 0.322 e. The lowest BCUT2D eigenvalue weighted by Crippen LogP contribution is -2.62. The third kappa shape index (κ3) is 3.16. The summed E-state index contributed by atoms with van der Waals surface area (Å²) < 4.78 is 11.2. The van der Waals surface area contributed by atoms with E-state index in [4.69, 9.17) is 9.15 Å². The number of ether oxygens (including phenoxy) is 1. The number of carbonyl (C=O) groups excluding carboxylic acids is 3. The van der Waals surface area contributed by atoms with Crippen molar-refractivity contribution < 1.29 is 23.5 Å². The number of amides is 4. The van der Waals surface area contributed by atoms with Crippen molar-refractivity contribution in [1.82, 2.24) is 25.5 Å². The van der Waals surface area contributed by atoms with Crippen molar-refractivity contribution in [3.05, 3.63) is 53.2 Å². The van der Waals surface area contributed by atoms with E-state index in [-0.39, 0.29) is 18.9 Å². The van der Waals surface area contributed by atoms with Crippen molar-refractivity contribution in [3.8, 4) is 5.75 Å². The van der Waals surface area contributed by atoms with E-state index in [0.29, 0.717) is 40.5 Å². The minimum absolute atomic E-state index is 0.0498. The Morgan fingerprint density at radius 1 is 1.26 bits per heavy atom. The van der Waals surface area contributed by atoms with Gasteiger partial charge in [0.15, 0.2) is 0 Å². The molecule has 1 aromatic carbocycles. The van der Waals surface area contributed by atoms with Crippen LogP contribution in [0.15, 0.2) is 34.9 Å². The first kappa shape index (κ1) is 19.0. The fourth-order valence-electron chi connectivity index (χ4n) is 4.13. The highest BCUT2D eigenvalue weighted by Crippen LogP contribution is 2.35. The minimum atomic E-state index is -1.24. The summed E-state index contributed by atoms with van der Waals surface area (Å²) in [6, 6.07) is 6.37. The maximum absolute atomic E-state index is 13.1. The van der Waals surface area contributed by atoms with Crippen molar-refractivity contribution in [2.75, 3.05) is 13.7 Å². The molecule has 10 nitrogen and oxygen atoms in total. The number of carbonyl (C=O) groups is 3. The van der Waals surface area contributed by atoms with Crippen LogP contribution in [0.4, 0.5) is 4.79 Å². The van der Waals surface area contributed by atoms with Crippen LogP contribution in [-0.2, 0) is 16.9 Å². The summed E-state index contributed by atoms with van der Waals surface area (Å²) in [5, 5.41) is 5.69. The number of nitrogens with zero attached hydrogens (tertiary/aromatic N) is 3. The van der Waals surface area contributed by atoms with Crippen LogP contribution in [0, 0.1) is 6.92 Å². The molecular formula is C21H19N5O5. The van der Waals surface area contributed by atoms with Gasteiger partial charge in [0, 0.05) is 18.3 Å². The fourth-order valence-corrected chi connectivity index (χ4v) is 4.13. The lowest BCUT2D eigenvalue weighted by atomic mass is 9.89. The van der Waals surface area contributed by atoms with Gasteiger partial charge in [0.1, 0.15) is 22.9 Å². The predicted molar refractivity (Wildman–Crippen MR) is 107 cm³/mol. The van der Waals surface area contributed by atoms with Crippen molar-refractivity contribution in [2.24, 2.45) is 0 Å². The van der Waals surface area contributed by atoms with Crippen LogP contribution in [0.25, 0.3) is 11.1 Å². The number of hydrogen-bond acceptors (Lipinski definition) is 7. The van der Waals surface area contributed by atoms with Gasteiger partial charge in [-0.15, -0.1) is 0 Å². The molecule has 10 heteroatoms. The molecule has 0 aliphatic carbocycles. The van der Waals surface area contributed by atoms with E-state index < -0.39 is 17.5 Å². The van der Waals surface area contributed by atoms with E-state index in [2.05, 4.69) is 20.6 Å². The molecule has 0 unspecified atom stereocenters. The molecule has 0 radical (unpaired) electrons. The van der Waals surface area contributed by atoms with Gasteiger partial charge in [-0.3, -0.25) is 14.9 Å². The lowest BCUT2D eigenvalue weighted by molar-refractivity contribution is -0.123. The molecule has 4 amide bonds. The molecule has 5 rings (SSSR count). The quantitative estimate of drug-likeness (QED) is 0.655. The van der Waals surface area contributed by atoms with E-state index >= 15 is 0 Å². The zero-order valence-corrected chi connectivity index (χ0v) is 16.9. The van der Waals surface area contributed by atoms with Crippen LogP contribution >= 0.6 is 0 Å². The average Bonchev–Trinajstić information content (AvgIpc) is 3.28. The number of benzene rings is 1. The van der Waals surface area contributed by atoms with Gasteiger partial charge in [-0.2, -0.15) is 4.98 Å². The van der Waals surface area contributed by atoms with Crippen molar-refractivity contribution in [3.63, 3.8) is 0 Å². The summed E-state index contributed by atoms with van der Waals surface area (Å²) in [7, 11) is 1.54. The highest BCUT2D eigenvalue weighted by atomic mass is 16.5. The Bertz CT molecular complexity index is 1230. The van der Waals surface area contributed by atoms with Crippen molar-refractivity contribution in [1.29, 1.82) is 0 Å². The van der Waals surface area contributed by atoms with E-state index in [0.717, 1.165) is 5.56 Å². The van der Waals surface area contributed by atoms with Crippen LogP contribution in [0.1, 0.15) is 33.9 Å². The van der Waals surface area contributed by atoms with Crippen LogP contribution in [-0.4, -0.2) is 46.4 Å². The first-order chi connectivity index (χ1) is 14.9. The molecular weight excluding hydrogens is 402 g/mol. The third-order valence-corrected chi connectivity index (χ3v) is 5.59. The molecule has 0 saturated carbocycles. The number of methoxy groups -OCH3 is 1. The number of fused-ring (bicyclic) bond motifs is 2. The molecule has 3 aromatic rings. The largest absolute Gasteiger partial charge is 0.497 e. The average molecular weight is 421 g/mol. The Morgan fingerprint density at radius 2 is 2.10 bits per heavy atom. The molecule has 2 aliphatic heterocycles. The van der Waals surface area contributed by atoms with Crippen LogP contribution in [0.2, 0.25) is 0 Å². The van der Waals surface area contributed by atoms with E-state index in [1.807, 2.05) is 6.07 Å². The van der Waals surface area contributed by atoms with Gasteiger partial charge in [-0.05, 0) is 30.7 Å². The Kier molecular flexibility index (Phi) is 4.17. The summed E-state index contributed by atoms with van der Waals surface area (Å²) in [4.78, 5) is 47.7. The summed E-state index contributed by atoms with van der Waals surface area (Å²) in [6.07, 6.45) is 1.53. The standard InChI is InChI=1S/C21H19N5O5/c1-11-22-8-13-5-16(31-18(13)23-11)21(7-17(27)24-20(29)25-21)10-26-9-12-3-4-14(30-2)6-15(12)19(26)28/h3-6,8H,7,9-10H2,1-2H3,(H2,24,25,27,29)/t21-/m0/s1. The molecule has 0 bridgehead atoms. The van der Waals surface area contributed by atoms with Gasteiger partial charge >= 0.3 is 6.03 Å². The van der Waals surface area contributed by atoms with Gasteiger partial charge in [0.25, 0.3) is 5.91 Å². The number of imide groups is 1. The van der Waals surface area contributed by atoms with Gasteiger partial charge < -0.3 is 19.4 Å². The number of aromatic nitrogens is 2. The van der Waals surface area contributed by atoms with Gasteiger partial charge in [-0.25, -0.2) is 9.78 Å². The topological polar surface area (TPSA) is 127 Å². The summed E-state index contributed by atoms with van der Waals surface area (Å²) in [5.74, 6) is 0.789. The van der Waals surface area contributed by atoms with E-state index in [1.165, 1.54) is 7.11 Å². The van der Waals surface area contributed by atoms with Crippen molar-refractivity contribution >= 4 is 28.9 Å². The minimum Gasteiger partial charge on any atom is -0.497 e. The molecule has 2 N–H and O–H groups in total. The number of rotatable bonds is 4. The van der Waals surface area contributed by atoms with E-state index in [9.17, 15) is 14.4 Å². The zero-order chi connectivity index (χ0) is 21.8. The summed E-state index contributed by atoms with van der Waals surface area (Å²) >= 11 is 0. The van der Waals surface area contributed by atoms with Crippen LogP contribution in [0.5, 0.6) is 5.75 Å². The van der Waals surface area contributed by atoms with Crippen LogP contribution in [0.3, 0.4) is 0 Å². The fraction of sp³-hybridized carbons (Fsp3) is 0.286. The van der Waals surface area contributed by atoms with E-state index in [1.54, 1.807) is 36.2 Å². The Balaban J connectivity index is 1.55.